The average molecular weight is 242 g/mol. The van der Waals surface area contributed by atoms with E-state index >= 15 is 0 Å². The molecule has 1 aliphatic rings. The van der Waals surface area contributed by atoms with Gasteiger partial charge in [-0.3, -0.25) is 0 Å². The molecule has 2 aromatic rings. The van der Waals surface area contributed by atoms with Crippen molar-refractivity contribution in [3.8, 4) is 0 Å². The van der Waals surface area contributed by atoms with Gasteiger partial charge >= 0.3 is 0 Å². The fourth-order valence-electron chi connectivity index (χ4n) is 2.61. The Kier molecular flexibility index (Phi) is 3.20. The summed E-state index contributed by atoms with van der Waals surface area (Å²) < 4.78 is 5.69. The van der Waals surface area contributed by atoms with E-state index in [4.69, 9.17) is 4.42 Å². The number of furan rings is 1. The highest BCUT2D eigenvalue weighted by atomic mass is 16.4. The summed E-state index contributed by atoms with van der Waals surface area (Å²) in [6.07, 6.45) is 7.28. The molecule has 1 aliphatic carbocycles. The Bertz CT molecular complexity index is 532. The van der Waals surface area contributed by atoms with E-state index in [0.29, 0.717) is 12.2 Å². The molecule has 1 aromatic carbocycles. The smallest absolute Gasteiger partial charge is 0.134 e. The van der Waals surface area contributed by atoms with Crippen LogP contribution < -0.4 is 0 Å². The Morgan fingerprint density at radius 3 is 2.89 bits per heavy atom. The fraction of sp³-hybridized carbons (Fsp3) is 0.375. The maximum absolute atomic E-state index is 10.2. The van der Waals surface area contributed by atoms with Crippen molar-refractivity contribution in [1.82, 2.24) is 0 Å². The summed E-state index contributed by atoms with van der Waals surface area (Å²) >= 11 is 0. The van der Waals surface area contributed by atoms with E-state index in [2.05, 4.69) is 6.08 Å². The van der Waals surface area contributed by atoms with Crippen LogP contribution in [0.3, 0.4) is 0 Å². The van der Waals surface area contributed by atoms with Crippen LogP contribution in [0.25, 0.3) is 11.0 Å². The van der Waals surface area contributed by atoms with Crippen LogP contribution in [0.1, 0.15) is 44.0 Å². The van der Waals surface area contributed by atoms with Gasteiger partial charge in [0.2, 0.25) is 0 Å². The second-order valence-corrected chi connectivity index (χ2v) is 5.01. The van der Waals surface area contributed by atoms with Crippen LogP contribution in [-0.2, 0) is 0 Å². The third-order valence-electron chi connectivity index (χ3n) is 3.61. The lowest BCUT2D eigenvalue weighted by molar-refractivity contribution is 0.151. The van der Waals surface area contributed by atoms with Crippen molar-refractivity contribution in [2.75, 3.05) is 0 Å². The summed E-state index contributed by atoms with van der Waals surface area (Å²) in [6, 6.07) is 9.83. The molecular weight excluding hydrogens is 224 g/mol. The molecule has 3 rings (SSSR count). The Morgan fingerprint density at radius 2 is 2.11 bits per heavy atom. The lowest BCUT2D eigenvalue weighted by atomic mass is 9.94. The largest absolute Gasteiger partial charge is 0.458 e. The fourth-order valence-corrected chi connectivity index (χ4v) is 2.61. The first-order chi connectivity index (χ1) is 8.83. The lowest BCUT2D eigenvalue weighted by Crippen LogP contribution is -2.00. The topological polar surface area (TPSA) is 33.4 Å². The average Bonchev–Trinajstić information content (AvgIpc) is 2.84. The van der Waals surface area contributed by atoms with Gasteiger partial charge in [0, 0.05) is 11.8 Å². The van der Waals surface area contributed by atoms with Crippen molar-refractivity contribution in [3.05, 3.63) is 47.7 Å². The SMILES string of the molecule is OC(CC1=CCCCC1)c1cc2ccccc2o1. The normalized spacial score (nSPS) is 17.7. The van der Waals surface area contributed by atoms with E-state index in [1.165, 1.54) is 18.4 Å². The van der Waals surface area contributed by atoms with Crippen LogP contribution in [0.5, 0.6) is 0 Å². The van der Waals surface area contributed by atoms with Crippen molar-refractivity contribution >= 4 is 11.0 Å². The molecule has 1 N–H and O–H groups in total. The van der Waals surface area contributed by atoms with Gasteiger partial charge in [-0.1, -0.05) is 29.8 Å². The zero-order valence-electron chi connectivity index (χ0n) is 10.4. The molecule has 2 nitrogen and oxygen atoms in total. The van der Waals surface area contributed by atoms with E-state index < -0.39 is 6.10 Å². The molecule has 1 unspecified atom stereocenters. The van der Waals surface area contributed by atoms with Crippen LogP contribution in [0.2, 0.25) is 0 Å². The molecule has 94 valence electrons. The Labute approximate surface area is 107 Å². The first-order valence-corrected chi connectivity index (χ1v) is 6.67. The van der Waals surface area contributed by atoms with Gasteiger partial charge in [-0.05, 0) is 37.8 Å². The molecule has 1 heterocycles. The summed E-state index contributed by atoms with van der Waals surface area (Å²) in [6.45, 7) is 0. The summed E-state index contributed by atoms with van der Waals surface area (Å²) in [4.78, 5) is 0. The molecule has 0 radical (unpaired) electrons. The molecule has 1 atom stereocenters. The molecule has 2 heteroatoms. The van der Waals surface area contributed by atoms with E-state index in [-0.39, 0.29) is 0 Å². The van der Waals surface area contributed by atoms with Gasteiger partial charge < -0.3 is 9.52 Å². The predicted molar refractivity (Wildman–Crippen MR) is 72.3 cm³/mol. The van der Waals surface area contributed by atoms with Gasteiger partial charge in [0.25, 0.3) is 0 Å². The molecule has 1 aromatic heterocycles. The first-order valence-electron chi connectivity index (χ1n) is 6.67. The quantitative estimate of drug-likeness (QED) is 0.811. The van der Waals surface area contributed by atoms with Gasteiger partial charge in [-0.25, -0.2) is 0 Å². The minimum atomic E-state index is -0.512. The maximum Gasteiger partial charge on any atom is 0.134 e. The standard InChI is InChI=1S/C16H18O2/c17-14(10-12-6-2-1-3-7-12)16-11-13-8-4-5-9-15(13)18-16/h4-6,8-9,11,14,17H,1-3,7,10H2. The molecule has 0 amide bonds. The second kappa shape index (κ2) is 4.99. The minimum Gasteiger partial charge on any atom is -0.458 e. The highest BCUT2D eigenvalue weighted by molar-refractivity contribution is 5.77. The Morgan fingerprint density at radius 1 is 1.22 bits per heavy atom. The van der Waals surface area contributed by atoms with Crippen LogP contribution >= 0.6 is 0 Å². The second-order valence-electron chi connectivity index (χ2n) is 5.01. The third-order valence-corrected chi connectivity index (χ3v) is 3.61. The number of aliphatic hydroxyl groups is 1. The van der Waals surface area contributed by atoms with Crippen molar-refractivity contribution in [2.45, 2.75) is 38.2 Å². The molecule has 0 spiro atoms. The maximum atomic E-state index is 10.2. The zero-order chi connectivity index (χ0) is 12.4. The van der Waals surface area contributed by atoms with Crippen molar-refractivity contribution < 1.29 is 9.52 Å². The van der Waals surface area contributed by atoms with Crippen molar-refractivity contribution in [1.29, 1.82) is 0 Å². The van der Waals surface area contributed by atoms with Crippen LogP contribution in [-0.4, -0.2) is 5.11 Å². The van der Waals surface area contributed by atoms with Crippen LogP contribution in [0.4, 0.5) is 0 Å². The molecule has 0 fully saturated rings. The number of fused-ring (bicyclic) bond motifs is 1. The molecule has 0 aliphatic heterocycles. The molecule has 0 bridgehead atoms. The predicted octanol–water partition coefficient (Wildman–Crippen LogP) is 4.36. The summed E-state index contributed by atoms with van der Waals surface area (Å²) in [5, 5.41) is 11.3. The number of rotatable bonds is 3. The van der Waals surface area contributed by atoms with Crippen LogP contribution in [0.15, 0.2) is 46.4 Å². The van der Waals surface area contributed by atoms with Gasteiger partial charge in [-0.15, -0.1) is 0 Å². The molecule has 0 saturated heterocycles. The van der Waals surface area contributed by atoms with Crippen molar-refractivity contribution in [3.63, 3.8) is 0 Å². The van der Waals surface area contributed by atoms with Crippen molar-refractivity contribution in [2.24, 2.45) is 0 Å². The molecule has 18 heavy (non-hydrogen) atoms. The highest BCUT2D eigenvalue weighted by Crippen LogP contribution is 2.30. The van der Waals surface area contributed by atoms with E-state index in [9.17, 15) is 5.11 Å². The number of hydrogen-bond donors (Lipinski definition) is 1. The monoisotopic (exact) mass is 242 g/mol. The first kappa shape index (κ1) is 11.5. The zero-order valence-corrected chi connectivity index (χ0v) is 10.4. The molecule has 0 saturated carbocycles. The number of allylic oxidation sites excluding steroid dienone is 1. The third kappa shape index (κ3) is 2.34. The lowest BCUT2D eigenvalue weighted by Gasteiger charge is -2.15. The number of aliphatic hydroxyl groups excluding tert-OH is 1. The van der Waals surface area contributed by atoms with E-state index in [1.54, 1.807) is 0 Å². The molecular formula is C16H18O2. The number of benzene rings is 1. The van der Waals surface area contributed by atoms with Gasteiger partial charge in [0.05, 0.1) is 0 Å². The van der Waals surface area contributed by atoms with Gasteiger partial charge in [-0.2, -0.15) is 0 Å². The summed E-state index contributed by atoms with van der Waals surface area (Å²) in [5.74, 6) is 0.683. The number of hydrogen-bond acceptors (Lipinski definition) is 2. The highest BCUT2D eigenvalue weighted by Gasteiger charge is 2.16. The Balaban J connectivity index is 1.78. The van der Waals surface area contributed by atoms with Gasteiger partial charge in [0.15, 0.2) is 0 Å². The van der Waals surface area contributed by atoms with Crippen LogP contribution in [0, 0.1) is 0 Å². The Hall–Kier alpha value is -1.54. The summed E-state index contributed by atoms with van der Waals surface area (Å²) in [5.41, 5.74) is 2.22. The van der Waals surface area contributed by atoms with E-state index in [1.807, 2.05) is 30.3 Å². The summed E-state index contributed by atoms with van der Waals surface area (Å²) in [7, 11) is 0. The van der Waals surface area contributed by atoms with E-state index in [0.717, 1.165) is 23.8 Å². The van der Waals surface area contributed by atoms with Gasteiger partial charge in [0.1, 0.15) is 17.4 Å². The minimum absolute atomic E-state index is 0.512. The number of para-hydroxylation sites is 1.